The maximum Gasteiger partial charge on any atom is 0.0572 e. The molecule has 0 bridgehead atoms. The maximum absolute atomic E-state index is 6.01. The molecule has 0 radical (unpaired) electrons. The van der Waals surface area contributed by atoms with Gasteiger partial charge in [-0.25, -0.2) is 0 Å². The van der Waals surface area contributed by atoms with Crippen molar-refractivity contribution < 1.29 is 0 Å². The van der Waals surface area contributed by atoms with Gasteiger partial charge in [0.05, 0.1) is 17.6 Å². The average Bonchev–Trinajstić information content (AvgIpc) is 2.53. The largest absolute Gasteiger partial charge is 0.368 e. The molecule has 1 aliphatic heterocycles. The van der Waals surface area contributed by atoms with Gasteiger partial charge in [-0.1, -0.05) is 6.92 Å². The molecule has 2 N–H and O–H groups in total. The predicted molar refractivity (Wildman–Crippen MR) is 88.7 cm³/mol. The second-order valence-electron chi connectivity index (χ2n) is 6.09. The van der Waals surface area contributed by atoms with Crippen LogP contribution in [0.5, 0.6) is 0 Å². The van der Waals surface area contributed by atoms with Gasteiger partial charge in [0.15, 0.2) is 0 Å². The average molecular weight is 291 g/mol. The number of anilines is 1. The smallest absolute Gasteiger partial charge is 0.0572 e. The molecule has 118 valence electrons. The molecule has 2 heterocycles. The van der Waals surface area contributed by atoms with Gasteiger partial charge >= 0.3 is 0 Å². The molecule has 1 aromatic heterocycles. The molecule has 1 saturated heterocycles. The van der Waals surface area contributed by atoms with Gasteiger partial charge in [0, 0.05) is 45.3 Å². The molecule has 1 unspecified atom stereocenters. The van der Waals surface area contributed by atoms with Crippen LogP contribution in [0, 0.1) is 0 Å². The fraction of sp³-hybridized carbons (Fsp3) is 0.688. The second kappa shape index (κ2) is 7.73. The summed E-state index contributed by atoms with van der Waals surface area (Å²) in [4.78, 5) is 11.7. The van der Waals surface area contributed by atoms with Gasteiger partial charge in [0.2, 0.25) is 0 Å². The van der Waals surface area contributed by atoms with Gasteiger partial charge in [-0.05, 0) is 32.6 Å². The van der Waals surface area contributed by atoms with Crippen molar-refractivity contribution in [1.29, 1.82) is 0 Å². The fourth-order valence-corrected chi connectivity index (χ4v) is 2.58. The lowest BCUT2D eigenvalue weighted by Crippen LogP contribution is -2.48. The second-order valence-corrected chi connectivity index (χ2v) is 6.09. The maximum atomic E-state index is 6.01. The Morgan fingerprint density at radius 3 is 2.48 bits per heavy atom. The van der Waals surface area contributed by atoms with E-state index in [4.69, 9.17) is 5.73 Å². The van der Waals surface area contributed by atoms with E-state index in [9.17, 15) is 0 Å². The van der Waals surface area contributed by atoms with Gasteiger partial charge in [0.25, 0.3) is 0 Å². The first-order valence-corrected chi connectivity index (χ1v) is 7.93. The first kappa shape index (κ1) is 16.2. The molecule has 1 atom stereocenters. The minimum Gasteiger partial charge on any atom is -0.368 e. The molecule has 1 aromatic rings. The highest BCUT2D eigenvalue weighted by molar-refractivity contribution is 5.45. The molecular weight excluding hydrogens is 262 g/mol. The Bertz CT molecular complexity index is 409. The Morgan fingerprint density at radius 2 is 1.95 bits per heavy atom. The van der Waals surface area contributed by atoms with Crippen molar-refractivity contribution >= 4 is 5.69 Å². The Kier molecular flexibility index (Phi) is 5.96. The van der Waals surface area contributed by atoms with Gasteiger partial charge in [-0.2, -0.15) is 0 Å². The molecule has 0 amide bonds. The number of rotatable bonds is 6. The highest BCUT2D eigenvalue weighted by Crippen LogP contribution is 2.18. The Morgan fingerprint density at radius 1 is 1.24 bits per heavy atom. The van der Waals surface area contributed by atoms with E-state index in [2.05, 4.69) is 52.8 Å². The van der Waals surface area contributed by atoms with Crippen molar-refractivity contribution in [2.24, 2.45) is 5.73 Å². The topological polar surface area (TPSA) is 48.6 Å². The van der Waals surface area contributed by atoms with Crippen LogP contribution in [0.15, 0.2) is 18.3 Å². The van der Waals surface area contributed by atoms with Crippen LogP contribution < -0.4 is 10.6 Å². The number of piperazine rings is 1. The Balaban J connectivity index is 1.84. The fourth-order valence-electron chi connectivity index (χ4n) is 2.58. The van der Waals surface area contributed by atoms with E-state index in [-0.39, 0.29) is 6.04 Å². The van der Waals surface area contributed by atoms with E-state index in [1.54, 1.807) is 0 Å². The summed E-state index contributed by atoms with van der Waals surface area (Å²) in [7, 11) is 4.26. The first-order chi connectivity index (χ1) is 10.1. The van der Waals surface area contributed by atoms with Crippen LogP contribution in [-0.4, -0.2) is 68.1 Å². The van der Waals surface area contributed by atoms with Crippen molar-refractivity contribution in [3.63, 3.8) is 0 Å². The standard InChI is InChI=1S/C16H29N5/c1-4-15(17)16-6-5-14(13-18-16)21-11-9-20(10-12-21)8-7-19(2)3/h5-6,13,15H,4,7-12,17H2,1-3H3. The lowest BCUT2D eigenvalue weighted by atomic mass is 10.1. The lowest BCUT2D eigenvalue weighted by Gasteiger charge is -2.36. The third kappa shape index (κ3) is 4.66. The van der Waals surface area contributed by atoms with Crippen LogP contribution in [-0.2, 0) is 0 Å². The molecule has 5 heteroatoms. The molecule has 1 aliphatic rings. The first-order valence-electron chi connectivity index (χ1n) is 7.93. The minimum absolute atomic E-state index is 0.0573. The summed E-state index contributed by atoms with van der Waals surface area (Å²) < 4.78 is 0. The highest BCUT2D eigenvalue weighted by Gasteiger charge is 2.17. The third-order valence-corrected chi connectivity index (χ3v) is 4.19. The number of hydrogen-bond acceptors (Lipinski definition) is 5. The van der Waals surface area contributed by atoms with Crippen molar-refractivity contribution in [2.45, 2.75) is 19.4 Å². The van der Waals surface area contributed by atoms with Crippen LogP contribution in [0.3, 0.4) is 0 Å². The van der Waals surface area contributed by atoms with Crippen LogP contribution in [0.4, 0.5) is 5.69 Å². The van der Waals surface area contributed by atoms with E-state index in [0.717, 1.165) is 51.4 Å². The minimum atomic E-state index is 0.0573. The zero-order valence-corrected chi connectivity index (χ0v) is 13.6. The summed E-state index contributed by atoms with van der Waals surface area (Å²) >= 11 is 0. The van der Waals surface area contributed by atoms with Crippen LogP contribution in [0.2, 0.25) is 0 Å². The quantitative estimate of drug-likeness (QED) is 0.853. The molecule has 5 nitrogen and oxygen atoms in total. The van der Waals surface area contributed by atoms with E-state index < -0.39 is 0 Å². The Labute approximate surface area is 128 Å². The summed E-state index contributed by atoms with van der Waals surface area (Å²) in [6.45, 7) is 8.79. The number of aromatic nitrogens is 1. The van der Waals surface area contributed by atoms with Crippen molar-refractivity contribution in [2.75, 3.05) is 58.3 Å². The number of nitrogens with two attached hydrogens (primary N) is 1. The van der Waals surface area contributed by atoms with Crippen molar-refractivity contribution in [3.8, 4) is 0 Å². The van der Waals surface area contributed by atoms with E-state index >= 15 is 0 Å². The van der Waals surface area contributed by atoms with Crippen LogP contribution >= 0.6 is 0 Å². The molecule has 1 fully saturated rings. The predicted octanol–water partition coefficient (Wildman–Crippen LogP) is 1.18. The number of hydrogen-bond donors (Lipinski definition) is 1. The van der Waals surface area contributed by atoms with Crippen molar-refractivity contribution in [1.82, 2.24) is 14.8 Å². The monoisotopic (exact) mass is 291 g/mol. The molecule has 0 spiro atoms. The number of pyridine rings is 1. The summed E-state index contributed by atoms with van der Waals surface area (Å²) in [5.74, 6) is 0. The molecule has 2 rings (SSSR count). The van der Waals surface area contributed by atoms with E-state index in [1.807, 2.05) is 6.20 Å². The summed E-state index contributed by atoms with van der Waals surface area (Å²) in [5, 5.41) is 0. The molecular formula is C16H29N5. The zero-order valence-electron chi connectivity index (χ0n) is 13.6. The Hall–Kier alpha value is -1.17. The normalized spacial score (nSPS) is 18.2. The van der Waals surface area contributed by atoms with Crippen LogP contribution in [0.1, 0.15) is 25.1 Å². The van der Waals surface area contributed by atoms with Gasteiger partial charge in [0.1, 0.15) is 0 Å². The summed E-state index contributed by atoms with van der Waals surface area (Å²) in [6, 6.07) is 4.29. The molecule has 0 aliphatic carbocycles. The third-order valence-electron chi connectivity index (χ3n) is 4.19. The van der Waals surface area contributed by atoms with Crippen molar-refractivity contribution in [3.05, 3.63) is 24.0 Å². The SMILES string of the molecule is CCC(N)c1ccc(N2CCN(CCN(C)C)CC2)cn1. The zero-order chi connectivity index (χ0) is 15.2. The van der Waals surface area contributed by atoms with E-state index in [1.165, 1.54) is 5.69 Å². The van der Waals surface area contributed by atoms with E-state index in [0.29, 0.717) is 0 Å². The number of nitrogens with zero attached hydrogens (tertiary/aromatic N) is 4. The summed E-state index contributed by atoms with van der Waals surface area (Å²) in [5.41, 5.74) is 8.22. The molecule has 21 heavy (non-hydrogen) atoms. The van der Waals surface area contributed by atoms with Crippen LogP contribution in [0.25, 0.3) is 0 Å². The lowest BCUT2D eigenvalue weighted by molar-refractivity contribution is 0.229. The molecule has 0 saturated carbocycles. The van der Waals surface area contributed by atoms with Gasteiger partial charge in [-0.3, -0.25) is 9.88 Å². The highest BCUT2D eigenvalue weighted by atomic mass is 15.3. The number of likely N-dealkylation sites (N-methyl/N-ethyl adjacent to an activating group) is 1. The van der Waals surface area contributed by atoms with Gasteiger partial charge in [-0.15, -0.1) is 0 Å². The molecule has 0 aromatic carbocycles. The van der Waals surface area contributed by atoms with Gasteiger partial charge < -0.3 is 15.5 Å². The summed E-state index contributed by atoms with van der Waals surface area (Å²) in [6.07, 6.45) is 2.90.